The third-order valence-corrected chi connectivity index (χ3v) is 4.21. The van der Waals surface area contributed by atoms with Crippen LogP contribution in [0.4, 0.5) is 5.69 Å². The zero-order valence-corrected chi connectivity index (χ0v) is 15.0. The van der Waals surface area contributed by atoms with E-state index in [4.69, 9.17) is 5.73 Å². The SMILES string of the molecule is NCCn1cnc(C(=O)Nc2c(Br)cc(Br)cc2Br)c1. The second-order valence-electron chi connectivity index (χ2n) is 3.98. The molecule has 0 aliphatic heterocycles. The van der Waals surface area contributed by atoms with Gasteiger partial charge in [0.1, 0.15) is 5.69 Å². The van der Waals surface area contributed by atoms with Crippen LogP contribution < -0.4 is 11.1 Å². The Balaban J connectivity index is 2.19. The van der Waals surface area contributed by atoms with Crippen molar-refractivity contribution in [2.75, 3.05) is 11.9 Å². The van der Waals surface area contributed by atoms with Gasteiger partial charge in [-0.2, -0.15) is 0 Å². The molecule has 0 fully saturated rings. The molecule has 3 N–H and O–H groups in total. The van der Waals surface area contributed by atoms with Crippen molar-refractivity contribution < 1.29 is 4.79 Å². The molecule has 5 nitrogen and oxygen atoms in total. The van der Waals surface area contributed by atoms with E-state index in [1.165, 1.54) is 0 Å². The minimum Gasteiger partial charge on any atom is -0.335 e. The maximum absolute atomic E-state index is 12.1. The fourth-order valence-corrected chi connectivity index (χ4v) is 4.04. The van der Waals surface area contributed by atoms with Crippen molar-refractivity contribution in [1.82, 2.24) is 9.55 Å². The van der Waals surface area contributed by atoms with Gasteiger partial charge in [-0.25, -0.2) is 4.98 Å². The van der Waals surface area contributed by atoms with Gasteiger partial charge in [-0.3, -0.25) is 4.79 Å². The van der Waals surface area contributed by atoms with Gasteiger partial charge in [0.05, 0.1) is 12.0 Å². The van der Waals surface area contributed by atoms with E-state index < -0.39 is 0 Å². The summed E-state index contributed by atoms with van der Waals surface area (Å²) < 4.78 is 4.23. The van der Waals surface area contributed by atoms with Crippen LogP contribution in [0.2, 0.25) is 0 Å². The van der Waals surface area contributed by atoms with Crippen LogP contribution >= 0.6 is 47.8 Å². The molecule has 1 heterocycles. The molecule has 1 aromatic heterocycles. The number of amides is 1. The van der Waals surface area contributed by atoms with Crippen molar-refractivity contribution >= 4 is 59.4 Å². The Hall–Kier alpha value is -0.700. The lowest BCUT2D eigenvalue weighted by Crippen LogP contribution is -2.13. The highest BCUT2D eigenvalue weighted by Gasteiger charge is 2.14. The third kappa shape index (κ3) is 3.69. The number of anilines is 1. The number of rotatable bonds is 4. The average molecular weight is 467 g/mol. The molecule has 0 unspecified atom stereocenters. The molecule has 20 heavy (non-hydrogen) atoms. The highest BCUT2D eigenvalue weighted by Crippen LogP contribution is 2.34. The summed E-state index contributed by atoms with van der Waals surface area (Å²) in [4.78, 5) is 16.2. The number of nitrogens with zero attached hydrogens (tertiary/aromatic N) is 2. The van der Waals surface area contributed by atoms with E-state index in [1.807, 2.05) is 12.1 Å². The first-order valence-corrected chi connectivity index (χ1v) is 8.07. The quantitative estimate of drug-likeness (QED) is 0.725. The number of imidazole rings is 1. The third-order valence-electron chi connectivity index (χ3n) is 2.50. The number of nitrogens with one attached hydrogen (secondary N) is 1. The monoisotopic (exact) mass is 464 g/mol. The molecule has 1 amide bonds. The number of aromatic nitrogens is 2. The summed E-state index contributed by atoms with van der Waals surface area (Å²) in [6.07, 6.45) is 3.26. The standard InChI is InChI=1S/C12H11Br3N4O/c13-7-3-8(14)11(9(15)4-7)18-12(20)10-5-19(2-1-16)6-17-10/h3-6H,1-2,16H2,(H,18,20). The number of carbonyl (C=O) groups is 1. The molecule has 0 spiro atoms. The van der Waals surface area contributed by atoms with Gasteiger partial charge in [-0.05, 0) is 44.0 Å². The van der Waals surface area contributed by atoms with Crippen molar-refractivity contribution in [1.29, 1.82) is 0 Å². The fraction of sp³-hybridized carbons (Fsp3) is 0.167. The van der Waals surface area contributed by atoms with E-state index in [1.54, 1.807) is 17.1 Å². The lowest BCUT2D eigenvalue weighted by atomic mass is 10.3. The number of hydrogen-bond acceptors (Lipinski definition) is 3. The molecule has 0 atom stereocenters. The van der Waals surface area contributed by atoms with Gasteiger partial charge >= 0.3 is 0 Å². The smallest absolute Gasteiger partial charge is 0.275 e. The van der Waals surface area contributed by atoms with E-state index in [-0.39, 0.29) is 5.91 Å². The minimum absolute atomic E-state index is 0.274. The Morgan fingerprint density at radius 1 is 1.30 bits per heavy atom. The summed E-state index contributed by atoms with van der Waals surface area (Å²) in [5.74, 6) is -0.274. The van der Waals surface area contributed by atoms with Crippen molar-refractivity contribution in [2.45, 2.75) is 6.54 Å². The van der Waals surface area contributed by atoms with Crippen LogP contribution in [0.15, 0.2) is 38.1 Å². The average Bonchev–Trinajstić information content (AvgIpc) is 2.82. The van der Waals surface area contributed by atoms with Crippen molar-refractivity contribution in [3.8, 4) is 0 Å². The van der Waals surface area contributed by atoms with Crippen molar-refractivity contribution in [2.24, 2.45) is 5.73 Å². The van der Waals surface area contributed by atoms with Crippen molar-refractivity contribution in [3.05, 3.63) is 43.8 Å². The van der Waals surface area contributed by atoms with E-state index in [0.29, 0.717) is 24.5 Å². The first-order valence-electron chi connectivity index (χ1n) is 5.69. The lowest BCUT2D eigenvalue weighted by Gasteiger charge is -2.09. The van der Waals surface area contributed by atoms with Crippen LogP contribution in [-0.2, 0) is 6.54 Å². The predicted octanol–water partition coefficient (Wildman–Crippen LogP) is 3.38. The number of carbonyl (C=O) groups excluding carboxylic acids is 1. The number of halogens is 3. The highest BCUT2D eigenvalue weighted by molar-refractivity contribution is 9.11. The first kappa shape index (κ1) is 15.7. The summed E-state index contributed by atoms with van der Waals surface area (Å²) in [6.45, 7) is 1.13. The Labute approximate surface area is 141 Å². The van der Waals surface area contributed by atoms with Crippen LogP contribution in [0.5, 0.6) is 0 Å². The van der Waals surface area contributed by atoms with Gasteiger partial charge in [0, 0.05) is 32.7 Å². The zero-order chi connectivity index (χ0) is 14.7. The number of nitrogens with two attached hydrogens (primary N) is 1. The van der Waals surface area contributed by atoms with Crippen LogP contribution in [0.1, 0.15) is 10.5 Å². The van der Waals surface area contributed by atoms with Gasteiger partial charge < -0.3 is 15.6 Å². The largest absolute Gasteiger partial charge is 0.335 e. The van der Waals surface area contributed by atoms with Crippen LogP contribution in [0, 0.1) is 0 Å². The minimum atomic E-state index is -0.274. The van der Waals surface area contributed by atoms with E-state index >= 15 is 0 Å². The van der Waals surface area contributed by atoms with Crippen LogP contribution in [0.25, 0.3) is 0 Å². The lowest BCUT2D eigenvalue weighted by molar-refractivity contribution is 0.102. The molecular weight excluding hydrogens is 456 g/mol. The molecule has 0 saturated carbocycles. The number of benzene rings is 1. The van der Waals surface area contributed by atoms with Crippen LogP contribution in [0.3, 0.4) is 0 Å². The molecule has 8 heteroatoms. The second kappa shape index (κ2) is 6.84. The molecule has 0 aliphatic rings. The predicted molar refractivity (Wildman–Crippen MR) is 88.8 cm³/mol. The maximum atomic E-state index is 12.1. The molecular formula is C12H11Br3N4O. The molecule has 0 radical (unpaired) electrons. The Kier molecular flexibility index (Phi) is 5.36. The normalized spacial score (nSPS) is 10.6. The number of hydrogen-bond donors (Lipinski definition) is 2. The molecule has 0 bridgehead atoms. The summed E-state index contributed by atoms with van der Waals surface area (Å²) >= 11 is 10.2. The molecule has 2 rings (SSSR count). The molecule has 1 aromatic carbocycles. The topological polar surface area (TPSA) is 72.9 Å². The Morgan fingerprint density at radius 3 is 2.55 bits per heavy atom. The maximum Gasteiger partial charge on any atom is 0.275 e. The first-order chi connectivity index (χ1) is 9.51. The molecule has 2 aromatic rings. The Bertz CT molecular complexity index is 618. The van der Waals surface area contributed by atoms with E-state index in [9.17, 15) is 4.79 Å². The van der Waals surface area contributed by atoms with E-state index in [0.717, 1.165) is 13.4 Å². The highest BCUT2D eigenvalue weighted by atomic mass is 79.9. The van der Waals surface area contributed by atoms with Crippen LogP contribution in [-0.4, -0.2) is 22.0 Å². The van der Waals surface area contributed by atoms with E-state index in [2.05, 4.69) is 58.1 Å². The zero-order valence-electron chi connectivity index (χ0n) is 10.2. The van der Waals surface area contributed by atoms with Gasteiger partial charge in [-0.1, -0.05) is 15.9 Å². The molecule has 106 valence electrons. The summed E-state index contributed by atoms with van der Waals surface area (Å²) in [5.41, 5.74) is 6.46. The fourth-order valence-electron chi connectivity index (χ4n) is 1.59. The van der Waals surface area contributed by atoms with Gasteiger partial charge in [0.15, 0.2) is 0 Å². The summed E-state index contributed by atoms with van der Waals surface area (Å²) in [5, 5.41) is 2.82. The van der Waals surface area contributed by atoms with Gasteiger partial charge in [0.25, 0.3) is 5.91 Å². The van der Waals surface area contributed by atoms with Crippen molar-refractivity contribution in [3.63, 3.8) is 0 Å². The summed E-state index contributed by atoms with van der Waals surface area (Å²) in [6, 6.07) is 3.71. The van der Waals surface area contributed by atoms with Gasteiger partial charge in [-0.15, -0.1) is 0 Å². The Morgan fingerprint density at radius 2 is 1.95 bits per heavy atom. The molecule has 0 saturated heterocycles. The molecule has 0 aliphatic carbocycles. The second-order valence-corrected chi connectivity index (χ2v) is 6.61. The van der Waals surface area contributed by atoms with Gasteiger partial charge in [0.2, 0.25) is 0 Å². The summed E-state index contributed by atoms with van der Waals surface area (Å²) in [7, 11) is 0.